The number of aromatic nitrogens is 5. The highest BCUT2D eigenvalue weighted by Crippen LogP contribution is 2.39. The summed E-state index contributed by atoms with van der Waals surface area (Å²) in [6.07, 6.45) is 5.67. The molecule has 1 saturated heterocycles. The zero-order valence-corrected chi connectivity index (χ0v) is 18.1. The molecular weight excluding hydrogens is 400 g/mol. The van der Waals surface area contributed by atoms with Gasteiger partial charge in [-0.05, 0) is 54.8 Å². The summed E-state index contributed by atoms with van der Waals surface area (Å²) in [4.78, 5) is 15.6. The number of H-pyrrole nitrogens is 2. The van der Waals surface area contributed by atoms with Gasteiger partial charge in [0.2, 0.25) is 0 Å². The first kappa shape index (κ1) is 19.0. The van der Waals surface area contributed by atoms with E-state index in [1.165, 1.54) is 10.9 Å². The molecule has 0 aliphatic carbocycles. The van der Waals surface area contributed by atoms with E-state index < -0.39 is 0 Å². The van der Waals surface area contributed by atoms with Crippen molar-refractivity contribution in [1.29, 1.82) is 0 Å². The molecule has 0 spiro atoms. The molecule has 1 unspecified atom stereocenters. The largest absolute Gasteiger partial charge is 0.377 e. The van der Waals surface area contributed by atoms with E-state index in [0.29, 0.717) is 13.2 Å². The Morgan fingerprint density at radius 1 is 1.16 bits per heavy atom. The number of morpholine rings is 1. The number of nitrogens with zero attached hydrogens (tertiary/aromatic N) is 4. The summed E-state index contributed by atoms with van der Waals surface area (Å²) in [5.74, 6) is 0.948. The summed E-state index contributed by atoms with van der Waals surface area (Å²) >= 11 is 0. The predicted octanol–water partition coefficient (Wildman–Crippen LogP) is 4.70. The van der Waals surface area contributed by atoms with Crippen molar-refractivity contribution < 1.29 is 4.74 Å². The number of benzene rings is 1. The van der Waals surface area contributed by atoms with Crippen molar-refractivity contribution in [3.63, 3.8) is 0 Å². The minimum Gasteiger partial charge on any atom is -0.377 e. The average Bonchev–Trinajstić information content (AvgIpc) is 3.51. The maximum atomic E-state index is 5.69. The van der Waals surface area contributed by atoms with Gasteiger partial charge in [-0.1, -0.05) is 12.1 Å². The molecule has 0 saturated carbocycles. The topological polar surface area (TPSA) is 82.7 Å². The molecule has 160 valence electrons. The van der Waals surface area contributed by atoms with Crippen molar-refractivity contribution in [2.45, 2.75) is 19.9 Å². The monoisotopic (exact) mass is 424 g/mol. The predicted molar refractivity (Wildman–Crippen MR) is 127 cm³/mol. The van der Waals surface area contributed by atoms with Crippen LogP contribution in [0.5, 0.6) is 0 Å². The highest BCUT2D eigenvalue weighted by molar-refractivity contribution is 6.08. The normalized spacial score (nSPS) is 16.8. The van der Waals surface area contributed by atoms with Gasteiger partial charge in [-0.3, -0.25) is 10.1 Å². The summed E-state index contributed by atoms with van der Waals surface area (Å²) in [5, 5.41) is 9.52. The Labute approximate surface area is 185 Å². The van der Waals surface area contributed by atoms with E-state index in [4.69, 9.17) is 14.7 Å². The molecule has 5 heterocycles. The van der Waals surface area contributed by atoms with Gasteiger partial charge in [-0.25, -0.2) is 4.98 Å². The van der Waals surface area contributed by atoms with E-state index in [0.717, 1.165) is 51.3 Å². The lowest BCUT2D eigenvalue weighted by Crippen LogP contribution is -2.44. The Bertz CT molecular complexity index is 1420. The zero-order chi connectivity index (χ0) is 21.7. The molecule has 6 rings (SSSR count). The third kappa shape index (κ3) is 2.97. The standard InChI is InChI=1S/C25H24N6O/c1-15-13-27-24(21-7-9-28-30-21)25-23(15)19(17-4-3-5-20-18(17)6-8-26-20)12-22(29-25)31-10-11-32-14-16(31)2/h3-9,12-13,16,26H,10-11,14H2,1-2H3,(H,28,30). The third-order valence-corrected chi connectivity index (χ3v) is 6.31. The van der Waals surface area contributed by atoms with Crippen molar-refractivity contribution >= 4 is 27.6 Å². The minimum atomic E-state index is 0.248. The van der Waals surface area contributed by atoms with Crippen molar-refractivity contribution in [3.8, 4) is 22.5 Å². The van der Waals surface area contributed by atoms with Crippen LogP contribution in [0.25, 0.3) is 44.3 Å². The Hall–Kier alpha value is -3.71. The van der Waals surface area contributed by atoms with Gasteiger partial charge in [-0.2, -0.15) is 5.10 Å². The van der Waals surface area contributed by atoms with E-state index in [1.807, 2.05) is 18.5 Å². The van der Waals surface area contributed by atoms with E-state index in [1.54, 1.807) is 6.20 Å². The second kappa shape index (κ2) is 7.46. The SMILES string of the molecule is Cc1cnc(-c2ccn[nH]2)c2nc(N3CCOCC3C)cc(-c3cccc4[nH]ccc34)c12. The number of aryl methyl sites for hydroxylation is 1. The number of pyridine rings is 2. The fourth-order valence-electron chi connectivity index (χ4n) is 4.72. The molecule has 5 aromatic rings. The highest BCUT2D eigenvalue weighted by atomic mass is 16.5. The molecule has 32 heavy (non-hydrogen) atoms. The van der Waals surface area contributed by atoms with Crippen LogP contribution in [0.15, 0.2) is 55.0 Å². The number of anilines is 1. The van der Waals surface area contributed by atoms with E-state index in [9.17, 15) is 0 Å². The molecule has 1 aliphatic heterocycles. The maximum Gasteiger partial charge on any atom is 0.130 e. The van der Waals surface area contributed by atoms with Crippen LogP contribution < -0.4 is 4.90 Å². The number of nitrogens with one attached hydrogen (secondary N) is 2. The van der Waals surface area contributed by atoms with Gasteiger partial charge in [-0.15, -0.1) is 0 Å². The van der Waals surface area contributed by atoms with Gasteiger partial charge in [0, 0.05) is 41.4 Å². The number of hydrogen-bond acceptors (Lipinski definition) is 5. The molecule has 1 aromatic carbocycles. The fraction of sp³-hybridized carbons (Fsp3) is 0.240. The van der Waals surface area contributed by atoms with Crippen LogP contribution in [0.1, 0.15) is 12.5 Å². The molecule has 0 amide bonds. The minimum absolute atomic E-state index is 0.248. The third-order valence-electron chi connectivity index (χ3n) is 6.31. The lowest BCUT2D eigenvalue weighted by atomic mass is 9.95. The molecule has 7 heteroatoms. The molecule has 0 radical (unpaired) electrons. The molecule has 1 aliphatic rings. The van der Waals surface area contributed by atoms with E-state index >= 15 is 0 Å². The fourth-order valence-corrected chi connectivity index (χ4v) is 4.72. The van der Waals surface area contributed by atoms with Crippen molar-refractivity contribution in [1.82, 2.24) is 25.1 Å². The smallest absolute Gasteiger partial charge is 0.130 e. The summed E-state index contributed by atoms with van der Waals surface area (Å²) in [6, 6.07) is 13.0. The quantitative estimate of drug-likeness (QED) is 0.439. The molecule has 4 aromatic heterocycles. The summed E-state index contributed by atoms with van der Waals surface area (Å²) in [6.45, 7) is 6.49. The van der Waals surface area contributed by atoms with E-state index in [2.05, 4.69) is 64.3 Å². The first-order valence-electron chi connectivity index (χ1n) is 10.9. The Kier molecular flexibility index (Phi) is 4.43. The first-order valence-corrected chi connectivity index (χ1v) is 10.9. The van der Waals surface area contributed by atoms with Gasteiger partial charge in [0.15, 0.2) is 0 Å². The molecule has 2 N–H and O–H groups in total. The van der Waals surface area contributed by atoms with Gasteiger partial charge in [0.1, 0.15) is 17.0 Å². The number of fused-ring (bicyclic) bond motifs is 2. The average molecular weight is 425 g/mol. The molecular formula is C25H24N6O. The number of hydrogen-bond donors (Lipinski definition) is 2. The zero-order valence-electron chi connectivity index (χ0n) is 18.1. The maximum absolute atomic E-state index is 5.69. The van der Waals surface area contributed by atoms with Crippen LogP contribution in [-0.2, 0) is 4.74 Å². The summed E-state index contributed by atoms with van der Waals surface area (Å²) < 4.78 is 5.69. The van der Waals surface area contributed by atoms with Crippen LogP contribution in [0.4, 0.5) is 5.82 Å². The summed E-state index contributed by atoms with van der Waals surface area (Å²) in [5.41, 5.74) is 7.12. The van der Waals surface area contributed by atoms with Crippen LogP contribution >= 0.6 is 0 Å². The van der Waals surface area contributed by atoms with Crippen molar-refractivity contribution in [2.75, 3.05) is 24.7 Å². The lowest BCUT2D eigenvalue weighted by Gasteiger charge is -2.34. The Balaban J connectivity index is 1.70. The second-order valence-electron chi connectivity index (χ2n) is 8.37. The molecule has 1 atom stereocenters. The van der Waals surface area contributed by atoms with E-state index in [-0.39, 0.29) is 6.04 Å². The van der Waals surface area contributed by atoms with Crippen LogP contribution in [0, 0.1) is 6.92 Å². The number of aromatic amines is 2. The van der Waals surface area contributed by atoms with Crippen molar-refractivity contribution in [3.05, 3.63) is 60.6 Å². The van der Waals surface area contributed by atoms with Crippen molar-refractivity contribution in [2.24, 2.45) is 0 Å². The Morgan fingerprint density at radius 2 is 2.09 bits per heavy atom. The number of rotatable bonds is 3. The van der Waals surface area contributed by atoms with Gasteiger partial charge in [0.25, 0.3) is 0 Å². The first-order chi connectivity index (χ1) is 15.7. The van der Waals surface area contributed by atoms with Crippen LogP contribution in [-0.4, -0.2) is 50.9 Å². The molecule has 1 fully saturated rings. The molecule has 0 bridgehead atoms. The van der Waals surface area contributed by atoms with Crippen LogP contribution in [0.3, 0.4) is 0 Å². The van der Waals surface area contributed by atoms with Gasteiger partial charge >= 0.3 is 0 Å². The second-order valence-corrected chi connectivity index (χ2v) is 8.37. The van der Waals surface area contributed by atoms with Crippen LogP contribution in [0.2, 0.25) is 0 Å². The highest BCUT2D eigenvalue weighted by Gasteiger charge is 2.24. The number of ether oxygens (including phenoxy) is 1. The Morgan fingerprint density at radius 3 is 2.94 bits per heavy atom. The lowest BCUT2D eigenvalue weighted by molar-refractivity contribution is 0.0986. The molecule has 7 nitrogen and oxygen atoms in total. The van der Waals surface area contributed by atoms with Gasteiger partial charge in [0.05, 0.1) is 24.9 Å². The van der Waals surface area contributed by atoms with Gasteiger partial charge < -0.3 is 14.6 Å². The summed E-state index contributed by atoms with van der Waals surface area (Å²) in [7, 11) is 0.